The molecule has 2 bridgehead atoms. The minimum atomic E-state index is -0.467. The molecule has 4 atom stereocenters. The summed E-state index contributed by atoms with van der Waals surface area (Å²) in [4.78, 5) is 36.7. The zero-order chi connectivity index (χ0) is 20.0. The van der Waals surface area contributed by atoms with Crippen LogP contribution >= 0.6 is 15.9 Å². The van der Waals surface area contributed by atoms with Crippen LogP contribution in [0.5, 0.6) is 11.5 Å². The summed E-state index contributed by atoms with van der Waals surface area (Å²) in [7, 11) is 0. The van der Waals surface area contributed by atoms with Crippen molar-refractivity contribution in [2.45, 2.75) is 20.3 Å². The molecular formula is C20H19BrN2O5. The Morgan fingerprint density at radius 2 is 1.89 bits per heavy atom. The summed E-state index contributed by atoms with van der Waals surface area (Å²) < 4.78 is 11.2. The highest BCUT2D eigenvalue weighted by molar-refractivity contribution is 9.10. The number of hydrogen-bond donors (Lipinski definition) is 0. The van der Waals surface area contributed by atoms with Gasteiger partial charge in [0.2, 0.25) is 0 Å². The quantitative estimate of drug-likeness (QED) is 0.228. The fourth-order valence-corrected chi connectivity index (χ4v) is 4.83. The van der Waals surface area contributed by atoms with Gasteiger partial charge in [0, 0.05) is 6.92 Å². The molecule has 7 nitrogen and oxygen atoms in total. The number of allylic oxidation sites excluding steroid dienone is 2. The fourth-order valence-electron chi connectivity index (χ4n) is 4.29. The van der Waals surface area contributed by atoms with Crippen LogP contribution in [0.3, 0.4) is 0 Å². The van der Waals surface area contributed by atoms with Gasteiger partial charge in [0.1, 0.15) is 0 Å². The molecule has 2 aliphatic carbocycles. The molecule has 1 heterocycles. The molecule has 3 aliphatic rings. The molecule has 1 aromatic rings. The van der Waals surface area contributed by atoms with Crippen LogP contribution in [0.2, 0.25) is 0 Å². The first kappa shape index (κ1) is 18.9. The number of carbonyl (C=O) groups is 3. The maximum Gasteiger partial charge on any atom is 0.308 e. The summed E-state index contributed by atoms with van der Waals surface area (Å²) >= 11 is 3.36. The van der Waals surface area contributed by atoms with E-state index in [0.717, 1.165) is 11.4 Å². The van der Waals surface area contributed by atoms with Crippen molar-refractivity contribution < 1.29 is 23.9 Å². The molecule has 0 N–H and O–H groups in total. The predicted molar refractivity (Wildman–Crippen MR) is 104 cm³/mol. The van der Waals surface area contributed by atoms with Crippen molar-refractivity contribution in [1.29, 1.82) is 0 Å². The Bertz CT molecular complexity index is 895. The highest BCUT2D eigenvalue weighted by atomic mass is 79.9. The number of carbonyl (C=O) groups excluding carboxylic acids is 3. The average molecular weight is 447 g/mol. The topological polar surface area (TPSA) is 85.3 Å². The Hall–Kier alpha value is -2.48. The Labute approximate surface area is 170 Å². The van der Waals surface area contributed by atoms with Gasteiger partial charge in [-0.05, 0) is 58.8 Å². The van der Waals surface area contributed by atoms with E-state index in [0.29, 0.717) is 22.4 Å². The number of nitrogens with zero attached hydrogens (tertiary/aromatic N) is 2. The summed E-state index contributed by atoms with van der Waals surface area (Å²) in [5, 5.41) is 5.16. The largest absolute Gasteiger partial charge is 0.490 e. The molecular weight excluding hydrogens is 428 g/mol. The molecule has 28 heavy (non-hydrogen) atoms. The number of imide groups is 1. The third-order valence-electron chi connectivity index (χ3n) is 5.35. The molecule has 1 aromatic carbocycles. The lowest BCUT2D eigenvalue weighted by Crippen LogP contribution is -2.28. The average Bonchev–Trinajstić information content (AvgIpc) is 3.31. The second-order valence-corrected chi connectivity index (χ2v) is 7.94. The summed E-state index contributed by atoms with van der Waals surface area (Å²) in [5.74, 6) is -0.558. The molecule has 0 radical (unpaired) electrons. The van der Waals surface area contributed by atoms with Crippen LogP contribution in [0, 0.1) is 23.7 Å². The van der Waals surface area contributed by atoms with E-state index in [2.05, 4.69) is 21.0 Å². The van der Waals surface area contributed by atoms with E-state index in [-0.39, 0.29) is 41.2 Å². The highest BCUT2D eigenvalue weighted by Gasteiger charge is 2.59. The number of hydrogen-bond acceptors (Lipinski definition) is 6. The molecule has 4 rings (SSSR count). The lowest BCUT2D eigenvalue weighted by molar-refractivity contribution is -0.140. The molecule has 1 saturated heterocycles. The van der Waals surface area contributed by atoms with Gasteiger partial charge < -0.3 is 9.47 Å². The van der Waals surface area contributed by atoms with Crippen molar-refractivity contribution in [3.8, 4) is 11.5 Å². The van der Waals surface area contributed by atoms with Crippen LogP contribution in [-0.4, -0.2) is 35.6 Å². The number of hydrazone groups is 1. The van der Waals surface area contributed by atoms with E-state index in [1.54, 1.807) is 12.1 Å². The highest BCUT2D eigenvalue weighted by Crippen LogP contribution is 2.52. The van der Waals surface area contributed by atoms with E-state index >= 15 is 0 Å². The van der Waals surface area contributed by atoms with Gasteiger partial charge in [-0.2, -0.15) is 10.1 Å². The summed E-state index contributed by atoms with van der Waals surface area (Å²) in [6.07, 6.45) is 6.41. The molecule has 0 spiro atoms. The van der Waals surface area contributed by atoms with Crippen LogP contribution in [0.15, 0.2) is 33.9 Å². The van der Waals surface area contributed by atoms with Crippen molar-refractivity contribution in [3.05, 3.63) is 34.3 Å². The predicted octanol–water partition coefficient (Wildman–Crippen LogP) is 2.91. The molecule has 0 aromatic heterocycles. The molecule has 4 unspecified atom stereocenters. The van der Waals surface area contributed by atoms with E-state index in [9.17, 15) is 14.4 Å². The SMILES string of the molecule is CCOc1cc(C=NN2C(=O)C3C4C=CC(C4)C3C2=O)cc(Br)c1OC(C)=O. The second-order valence-electron chi connectivity index (χ2n) is 7.09. The minimum absolute atomic E-state index is 0.147. The van der Waals surface area contributed by atoms with Gasteiger partial charge in [0.25, 0.3) is 11.8 Å². The van der Waals surface area contributed by atoms with Gasteiger partial charge in [-0.1, -0.05) is 12.2 Å². The number of halogens is 1. The Balaban J connectivity index is 1.59. The first-order valence-corrected chi connectivity index (χ1v) is 9.95. The number of ether oxygens (including phenoxy) is 2. The molecule has 2 amide bonds. The van der Waals surface area contributed by atoms with Gasteiger partial charge >= 0.3 is 5.97 Å². The number of rotatable bonds is 5. The van der Waals surface area contributed by atoms with Crippen molar-refractivity contribution in [1.82, 2.24) is 5.01 Å². The zero-order valence-electron chi connectivity index (χ0n) is 15.4. The third kappa shape index (κ3) is 3.05. The van der Waals surface area contributed by atoms with Crippen molar-refractivity contribution in [2.75, 3.05) is 6.61 Å². The molecule has 2 fully saturated rings. The van der Waals surface area contributed by atoms with E-state index < -0.39 is 5.97 Å². The number of fused-ring (bicyclic) bond motifs is 5. The molecule has 1 aliphatic heterocycles. The summed E-state index contributed by atoms with van der Waals surface area (Å²) in [5.41, 5.74) is 0.602. The van der Waals surface area contributed by atoms with E-state index in [4.69, 9.17) is 9.47 Å². The van der Waals surface area contributed by atoms with Gasteiger partial charge in [0.15, 0.2) is 11.5 Å². The molecule has 146 valence electrons. The van der Waals surface area contributed by atoms with Gasteiger partial charge in [0.05, 0.1) is 29.1 Å². The van der Waals surface area contributed by atoms with Gasteiger partial charge in [-0.3, -0.25) is 14.4 Å². The maximum atomic E-state index is 12.7. The standard InChI is InChI=1S/C20H19BrN2O5/c1-3-27-15-7-11(6-14(21)18(15)28-10(2)24)9-22-23-19(25)16-12-4-5-13(8-12)17(16)20(23)26/h4-7,9,12-13,16-17H,3,8H2,1-2H3. The van der Waals surface area contributed by atoms with Gasteiger partial charge in [-0.15, -0.1) is 0 Å². The number of amides is 2. The number of esters is 1. The Morgan fingerprint density at radius 1 is 1.25 bits per heavy atom. The lowest BCUT2D eigenvalue weighted by atomic mass is 9.85. The monoisotopic (exact) mass is 446 g/mol. The van der Waals surface area contributed by atoms with Crippen molar-refractivity contribution >= 4 is 39.9 Å². The summed E-state index contributed by atoms with van der Waals surface area (Å²) in [6.45, 7) is 3.50. The van der Waals surface area contributed by atoms with Crippen LogP contribution < -0.4 is 9.47 Å². The molecule has 8 heteroatoms. The van der Waals surface area contributed by atoms with Gasteiger partial charge in [-0.25, -0.2) is 0 Å². The normalized spacial score (nSPS) is 27.8. The Morgan fingerprint density at radius 3 is 2.46 bits per heavy atom. The second kappa shape index (κ2) is 7.16. The smallest absolute Gasteiger partial charge is 0.308 e. The van der Waals surface area contributed by atoms with Crippen molar-refractivity contribution in [3.63, 3.8) is 0 Å². The fraction of sp³-hybridized carbons (Fsp3) is 0.400. The lowest BCUT2D eigenvalue weighted by Gasteiger charge is -2.13. The first-order valence-electron chi connectivity index (χ1n) is 9.15. The van der Waals surface area contributed by atoms with Crippen LogP contribution in [0.4, 0.5) is 0 Å². The van der Waals surface area contributed by atoms with Crippen LogP contribution in [0.25, 0.3) is 0 Å². The Kier molecular flexibility index (Phi) is 4.82. The van der Waals surface area contributed by atoms with Crippen molar-refractivity contribution in [2.24, 2.45) is 28.8 Å². The summed E-state index contributed by atoms with van der Waals surface area (Å²) in [6, 6.07) is 3.33. The first-order chi connectivity index (χ1) is 13.4. The maximum absolute atomic E-state index is 12.7. The van der Waals surface area contributed by atoms with Crippen LogP contribution in [0.1, 0.15) is 25.8 Å². The number of benzene rings is 1. The minimum Gasteiger partial charge on any atom is -0.490 e. The van der Waals surface area contributed by atoms with Crippen LogP contribution in [-0.2, 0) is 14.4 Å². The van der Waals surface area contributed by atoms with E-state index in [1.165, 1.54) is 13.1 Å². The van der Waals surface area contributed by atoms with E-state index in [1.807, 2.05) is 19.1 Å². The zero-order valence-corrected chi connectivity index (χ0v) is 17.0. The molecule has 1 saturated carbocycles. The third-order valence-corrected chi connectivity index (χ3v) is 5.94.